The molecule has 0 atom stereocenters. The minimum absolute atomic E-state index is 0.294. The minimum atomic E-state index is -0.859. The fourth-order valence-corrected chi connectivity index (χ4v) is 3.47. The quantitative estimate of drug-likeness (QED) is 0.717. The third kappa shape index (κ3) is 3.25. The fourth-order valence-electron chi connectivity index (χ4n) is 3.47. The predicted molar refractivity (Wildman–Crippen MR) is 101 cm³/mol. The molecule has 2 saturated heterocycles. The number of rotatable bonds is 3. The highest BCUT2D eigenvalue weighted by molar-refractivity contribution is 5.91. The Bertz CT molecular complexity index is 947. The zero-order chi connectivity index (χ0) is 19.7. The molecule has 10 nitrogen and oxygen atoms in total. The van der Waals surface area contributed by atoms with Gasteiger partial charge in [-0.3, -0.25) is 9.20 Å². The number of methoxy groups -OCH3 is 1. The van der Waals surface area contributed by atoms with Gasteiger partial charge in [0.15, 0.2) is 11.3 Å². The third-order valence-electron chi connectivity index (χ3n) is 4.97. The van der Waals surface area contributed by atoms with Crippen molar-refractivity contribution < 1.29 is 24.1 Å². The van der Waals surface area contributed by atoms with Gasteiger partial charge in [0.25, 0.3) is 0 Å². The molecule has 150 valence electrons. The number of morpholine rings is 2. The van der Waals surface area contributed by atoms with Crippen LogP contribution in [0, 0.1) is 0 Å². The number of nitrogens with zero attached hydrogens (tertiary/aromatic N) is 4. The molecule has 4 heterocycles. The van der Waals surface area contributed by atoms with Gasteiger partial charge >= 0.3 is 11.5 Å². The van der Waals surface area contributed by atoms with Gasteiger partial charge in [0, 0.05) is 32.4 Å². The summed E-state index contributed by atoms with van der Waals surface area (Å²) in [6.07, 6.45) is 1.64. The maximum Gasteiger partial charge on any atom is 0.360 e. The Morgan fingerprint density at radius 2 is 1.71 bits per heavy atom. The lowest BCUT2D eigenvalue weighted by Crippen LogP contribution is -2.39. The topological polar surface area (TPSA) is 106 Å². The van der Waals surface area contributed by atoms with Crippen molar-refractivity contribution in [1.82, 2.24) is 9.38 Å². The van der Waals surface area contributed by atoms with Crippen LogP contribution in [-0.2, 0) is 14.2 Å². The summed E-state index contributed by atoms with van der Waals surface area (Å²) in [7, 11) is 1.18. The molecule has 0 unspecified atom stereocenters. The van der Waals surface area contributed by atoms with E-state index in [2.05, 4.69) is 19.5 Å². The van der Waals surface area contributed by atoms with E-state index in [1.54, 1.807) is 6.20 Å². The standard InChI is InChI=1S/C18H22N4O6/c1-26-18(25)14-15(23)17(24)22-11-12(20-2-6-27-7-3-20)10-13(16(22)19-14)21-4-8-28-9-5-21/h10-11,23H,2-9H2,1H3. The van der Waals surface area contributed by atoms with Crippen LogP contribution < -0.4 is 15.4 Å². The minimum Gasteiger partial charge on any atom is -0.501 e. The number of ether oxygens (including phenoxy) is 3. The summed E-state index contributed by atoms with van der Waals surface area (Å²) in [6, 6.07) is 1.95. The number of hydrogen-bond acceptors (Lipinski definition) is 9. The number of pyridine rings is 1. The third-order valence-corrected chi connectivity index (χ3v) is 4.97. The maximum atomic E-state index is 12.8. The van der Waals surface area contributed by atoms with E-state index in [-0.39, 0.29) is 5.69 Å². The van der Waals surface area contributed by atoms with Crippen molar-refractivity contribution in [2.75, 3.05) is 69.5 Å². The summed E-state index contributed by atoms with van der Waals surface area (Å²) in [6.45, 7) is 4.97. The highest BCUT2D eigenvalue weighted by Gasteiger charge is 2.25. The lowest BCUT2D eigenvalue weighted by molar-refractivity contribution is 0.0590. The van der Waals surface area contributed by atoms with E-state index in [0.29, 0.717) is 63.9 Å². The van der Waals surface area contributed by atoms with Crippen molar-refractivity contribution in [3.63, 3.8) is 0 Å². The van der Waals surface area contributed by atoms with Crippen LogP contribution in [0.5, 0.6) is 5.75 Å². The number of fused-ring (bicyclic) bond motifs is 1. The average Bonchev–Trinajstić information content (AvgIpc) is 2.76. The Kier molecular flexibility index (Phi) is 5.05. The first-order chi connectivity index (χ1) is 13.6. The Balaban J connectivity index is 1.93. The molecule has 10 heteroatoms. The van der Waals surface area contributed by atoms with Crippen LogP contribution in [0.25, 0.3) is 5.65 Å². The van der Waals surface area contributed by atoms with E-state index in [1.165, 1.54) is 11.5 Å². The summed E-state index contributed by atoms with van der Waals surface area (Å²) < 4.78 is 16.8. The number of anilines is 2. The normalized spacial score (nSPS) is 17.8. The Morgan fingerprint density at radius 1 is 1.11 bits per heavy atom. The van der Waals surface area contributed by atoms with Gasteiger partial charge in [-0.25, -0.2) is 9.78 Å². The molecule has 28 heavy (non-hydrogen) atoms. The second-order valence-electron chi connectivity index (χ2n) is 6.58. The molecule has 1 N–H and O–H groups in total. The van der Waals surface area contributed by atoms with Crippen LogP contribution in [0.4, 0.5) is 11.4 Å². The van der Waals surface area contributed by atoms with Crippen molar-refractivity contribution in [3.05, 3.63) is 28.3 Å². The molecule has 0 saturated carbocycles. The molecule has 2 aliphatic rings. The highest BCUT2D eigenvalue weighted by atomic mass is 16.5. The van der Waals surface area contributed by atoms with Gasteiger partial charge in [-0.1, -0.05) is 0 Å². The van der Waals surface area contributed by atoms with E-state index < -0.39 is 17.3 Å². The molecule has 0 radical (unpaired) electrons. The fraction of sp³-hybridized carbons (Fsp3) is 0.500. The van der Waals surface area contributed by atoms with Gasteiger partial charge in [-0.15, -0.1) is 0 Å². The Hall–Kier alpha value is -2.85. The Morgan fingerprint density at radius 3 is 2.32 bits per heavy atom. The van der Waals surface area contributed by atoms with Crippen molar-refractivity contribution in [2.24, 2.45) is 0 Å². The molecule has 0 bridgehead atoms. The summed E-state index contributed by atoms with van der Waals surface area (Å²) in [5.41, 5.74) is 0.721. The van der Waals surface area contributed by atoms with Crippen molar-refractivity contribution in [3.8, 4) is 5.75 Å². The van der Waals surface area contributed by atoms with E-state index in [9.17, 15) is 14.7 Å². The van der Waals surface area contributed by atoms with Gasteiger partial charge in [-0.2, -0.15) is 0 Å². The summed E-state index contributed by atoms with van der Waals surface area (Å²) in [5.74, 6) is -1.58. The van der Waals surface area contributed by atoms with Gasteiger partial charge < -0.3 is 29.1 Å². The predicted octanol–water partition coefficient (Wildman–Crippen LogP) is -0.140. The van der Waals surface area contributed by atoms with Crippen LogP contribution >= 0.6 is 0 Å². The largest absolute Gasteiger partial charge is 0.501 e. The van der Waals surface area contributed by atoms with Gasteiger partial charge in [-0.05, 0) is 6.07 Å². The molecule has 2 aromatic heterocycles. The lowest BCUT2D eigenvalue weighted by Gasteiger charge is -2.33. The van der Waals surface area contributed by atoms with Crippen LogP contribution in [0.2, 0.25) is 0 Å². The van der Waals surface area contributed by atoms with Crippen LogP contribution in [0.1, 0.15) is 10.5 Å². The van der Waals surface area contributed by atoms with E-state index in [4.69, 9.17) is 9.47 Å². The molecule has 0 amide bonds. The molecule has 0 aliphatic carbocycles. The van der Waals surface area contributed by atoms with Gasteiger partial charge in [0.1, 0.15) is 0 Å². The average molecular weight is 390 g/mol. The first-order valence-corrected chi connectivity index (χ1v) is 9.13. The molecular weight excluding hydrogens is 368 g/mol. The first kappa shape index (κ1) is 18.5. The van der Waals surface area contributed by atoms with Crippen molar-refractivity contribution in [1.29, 1.82) is 0 Å². The van der Waals surface area contributed by atoms with E-state index in [0.717, 1.165) is 5.69 Å². The van der Waals surface area contributed by atoms with Crippen LogP contribution in [0.15, 0.2) is 17.1 Å². The van der Waals surface area contributed by atoms with E-state index >= 15 is 0 Å². The second kappa shape index (κ2) is 7.64. The van der Waals surface area contributed by atoms with E-state index in [1.807, 2.05) is 6.07 Å². The zero-order valence-corrected chi connectivity index (χ0v) is 15.6. The smallest absolute Gasteiger partial charge is 0.360 e. The number of carbonyl (C=O) groups excluding carboxylic acids is 1. The number of esters is 1. The molecule has 4 rings (SSSR count). The van der Waals surface area contributed by atoms with Gasteiger partial charge in [0.05, 0.1) is 44.9 Å². The SMILES string of the molecule is COC(=O)c1nc2c(N3CCOCC3)cc(N3CCOCC3)cn2c(=O)c1O. The number of aromatic nitrogens is 2. The first-order valence-electron chi connectivity index (χ1n) is 9.13. The number of carbonyl (C=O) groups is 1. The number of aromatic hydroxyl groups is 1. The molecule has 0 aromatic carbocycles. The van der Waals surface area contributed by atoms with Crippen LogP contribution in [-0.4, -0.2) is 80.2 Å². The summed E-state index contributed by atoms with van der Waals surface area (Å²) in [4.78, 5) is 33.3. The number of hydrogen-bond donors (Lipinski definition) is 1. The molecule has 2 fully saturated rings. The van der Waals surface area contributed by atoms with Crippen LogP contribution in [0.3, 0.4) is 0 Å². The zero-order valence-electron chi connectivity index (χ0n) is 15.6. The summed E-state index contributed by atoms with van der Waals surface area (Å²) >= 11 is 0. The summed E-state index contributed by atoms with van der Waals surface area (Å²) in [5, 5.41) is 10.2. The molecule has 0 spiro atoms. The molecule has 2 aliphatic heterocycles. The Labute approximate surface area is 160 Å². The van der Waals surface area contributed by atoms with Crippen molar-refractivity contribution in [2.45, 2.75) is 0 Å². The maximum absolute atomic E-state index is 12.8. The monoisotopic (exact) mass is 390 g/mol. The van der Waals surface area contributed by atoms with Gasteiger partial charge in [0.2, 0.25) is 5.75 Å². The molecule has 2 aromatic rings. The second-order valence-corrected chi connectivity index (χ2v) is 6.58. The molecular formula is C18H22N4O6. The van der Waals surface area contributed by atoms with Crippen molar-refractivity contribution >= 4 is 23.0 Å². The highest BCUT2D eigenvalue weighted by Crippen LogP contribution is 2.29. The lowest BCUT2D eigenvalue weighted by atomic mass is 10.2.